The molecule has 4 nitrogen and oxygen atoms in total. The van der Waals surface area contributed by atoms with Gasteiger partial charge >= 0.3 is 0 Å². The molecule has 5 unspecified atom stereocenters. The van der Waals surface area contributed by atoms with Crippen LogP contribution < -0.4 is 0 Å². The molecule has 2 fully saturated rings. The van der Waals surface area contributed by atoms with Crippen molar-refractivity contribution in [1.29, 1.82) is 0 Å². The maximum Gasteiger partial charge on any atom is 0.192 e. The van der Waals surface area contributed by atoms with Crippen LogP contribution in [0, 0.1) is 22.2 Å². The zero-order valence-electron chi connectivity index (χ0n) is 16.0. The average Bonchev–Trinajstić information content (AvgIpc) is 2.72. The van der Waals surface area contributed by atoms with Crippen LogP contribution in [0.3, 0.4) is 0 Å². The highest BCUT2D eigenvalue weighted by Crippen LogP contribution is 2.69. The van der Waals surface area contributed by atoms with Crippen LogP contribution >= 0.6 is 0 Å². The molecule has 1 aliphatic heterocycles. The summed E-state index contributed by atoms with van der Waals surface area (Å²) in [6, 6.07) is 0. The summed E-state index contributed by atoms with van der Waals surface area (Å²) in [6.07, 6.45) is 6.95. The van der Waals surface area contributed by atoms with Gasteiger partial charge in [0.2, 0.25) is 0 Å². The molecule has 5 atom stereocenters. The van der Waals surface area contributed by atoms with Gasteiger partial charge in [0.05, 0.1) is 0 Å². The molecule has 3 aliphatic rings. The summed E-state index contributed by atoms with van der Waals surface area (Å²) in [7, 11) is 0. The van der Waals surface area contributed by atoms with Crippen molar-refractivity contribution >= 4 is 6.29 Å². The van der Waals surface area contributed by atoms with E-state index in [2.05, 4.69) is 34.3 Å². The van der Waals surface area contributed by atoms with Crippen LogP contribution in [-0.2, 0) is 14.6 Å². The first-order valence-electron chi connectivity index (χ1n) is 9.48. The monoisotopic (exact) mass is 348 g/mol. The molecular formula is C21H32O4. The minimum Gasteiger partial charge on any atom is -0.365 e. The van der Waals surface area contributed by atoms with E-state index in [0.29, 0.717) is 5.57 Å². The second-order valence-electron chi connectivity index (χ2n) is 9.30. The molecule has 3 rings (SSSR count). The van der Waals surface area contributed by atoms with Crippen LogP contribution in [0.2, 0.25) is 0 Å². The van der Waals surface area contributed by atoms with Gasteiger partial charge in [-0.1, -0.05) is 46.3 Å². The molecule has 0 radical (unpaired) electrons. The van der Waals surface area contributed by atoms with Gasteiger partial charge in [-0.3, -0.25) is 4.79 Å². The van der Waals surface area contributed by atoms with E-state index >= 15 is 0 Å². The molecule has 0 aromatic rings. The first kappa shape index (κ1) is 18.8. The summed E-state index contributed by atoms with van der Waals surface area (Å²) >= 11 is 0. The molecule has 0 saturated heterocycles. The van der Waals surface area contributed by atoms with E-state index in [0.717, 1.165) is 25.5 Å². The largest absolute Gasteiger partial charge is 0.365 e. The molecule has 1 heterocycles. The molecule has 25 heavy (non-hydrogen) atoms. The SMILES string of the molecule is C=C1CCC2(C)C(C)(C)CCCC2(C)C1C1C=C(C=O)CC(O)OO1. The predicted octanol–water partition coefficient (Wildman–Crippen LogP) is 4.34. The van der Waals surface area contributed by atoms with Gasteiger partial charge in [0.15, 0.2) is 6.29 Å². The number of carbonyl (C=O) groups excluding carboxylic acids is 1. The van der Waals surface area contributed by atoms with Gasteiger partial charge in [0.1, 0.15) is 12.4 Å². The number of aliphatic hydroxyl groups is 1. The Morgan fingerprint density at radius 1 is 1.20 bits per heavy atom. The Hall–Kier alpha value is -0.970. The van der Waals surface area contributed by atoms with Crippen molar-refractivity contribution in [2.24, 2.45) is 22.2 Å². The van der Waals surface area contributed by atoms with Crippen LogP contribution in [-0.4, -0.2) is 23.8 Å². The minimum absolute atomic E-state index is 0.0118. The number of hydrogen-bond acceptors (Lipinski definition) is 4. The van der Waals surface area contributed by atoms with Crippen molar-refractivity contribution in [3.8, 4) is 0 Å². The van der Waals surface area contributed by atoms with Gasteiger partial charge in [-0.2, -0.15) is 0 Å². The fourth-order valence-corrected chi connectivity index (χ4v) is 5.87. The highest BCUT2D eigenvalue weighted by Gasteiger charge is 2.62. The van der Waals surface area contributed by atoms with Crippen molar-refractivity contribution in [3.05, 3.63) is 23.8 Å². The summed E-state index contributed by atoms with van der Waals surface area (Å²) in [5.41, 5.74) is 2.12. The van der Waals surface area contributed by atoms with Crippen molar-refractivity contribution in [2.75, 3.05) is 0 Å². The summed E-state index contributed by atoms with van der Waals surface area (Å²) in [6.45, 7) is 13.9. The van der Waals surface area contributed by atoms with Crippen molar-refractivity contribution in [2.45, 2.75) is 78.6 Å². The first-order valence-corrected chi connectivity index (χ1v) is 9.48. The maximum atomic E-state index is 11.4. The van der Waals surface area contributed by atoms with Crippen LogP contribution in [0.5, 0.6) is 0 Å². The van der Waals surface area contributed by atoms with Crippen molar-refractivity contribution in [3.63, 3.8) is 0 Å². The second-order valence-corrected chi connectivity index (χ2v) is 9.30. The lowest BCUT2D eigenvalue weighted by Crippen LogP contribution is -2.59. The predicted molar refractivity (Wildman–Crippen MR) is 96.4 cm³/mol. The molecule has 4 heteroatoms. The van der Waals surface area contributed by atoms with Gasteiger partial charge in [-0.05, 0) is 53.6 Å². The molecule has 0 spiro atoms. The lowest BCUT2D eigenvalue weighted by Gasteiger charge is -2.65. The smallest absolute Gasteiger partial charge is 0.192 e. The second kappa shape index (κ2) is 6.33. The fraction of sp³-hybridized carbons (Fsp3) is 0.762. The molecule has 0 aromatic heterocycles. The molecular weight excluding hydrogens is 316 g/mol. The fourth-order valence-electron chi connectivity index (χ4n) is 5.87. The number of hydrogen-bond donors (Lipinski definition) is 1. The third kappa shape index (κ3) is 2.83. The van der Waals surface area contributed by atoms with E-state index in [1.807, 2.05) is 6.08 Å². The topological polar surface area (TPSA) is 55.8 Å². The first-order chi connectivity index (χ1) is 11.6. The Labute approximate surface area is 151 Å². The molecule has 2 aliphatic carbocycles. The van der Waals surface area contributed by atoms with Gasteiger partial charge in [0, 0.05) is 12.3 Å². The number of fused-ring (bicyclic) bond motifs is 1. The Balaban J connectivity index is 2.04. The standard InChI is InChI=1S/C21H32O4/c1-14-7-10-21(5)19(2,3)8-6-9-20(21,4)18(14)16-11-15(13-22)12-17(23)25-24-16/h11,13,16-18,23H,1,6-10,12H2,2-5H3. The Morgan fingerprint density at radius 3 is 2.60 bits per heavy atom. The van der Waals surface area contributed by atoms with Crippen LogP contribution in [0.1, 0.15) is 66.2 Å². The molecule has 0 amide bonds. The van der Waals surface area contributed by atoms with Gasteiger partial charge in [-0.25, -0.2) is 9.78 Å². The van der Waals surface area contributed by atoms with Gasteiger partial charge in [0.25, 0.3) is 0 Å². The van der Waals surface area contributed by atoms with E-state index in [1.54, 1.807) is 0 Å². The normalized spacial score (nSPS) is 44.4. The summed E-state index contributed by atoms with van der Waals surface area (Å²) in [4.78, 5) is 22.2. The van der Waals surface area contributed by atoms with E-state index in [9.17, 15) is 9.90 Å². The molecule has 0 bridgehead atoms. The van der Waals surface area contributed by atoms with Crippen molar-refractivity contribution in [1.82, 2.24) is 0 Å². The molecule has 0 aromatic carbocycles. The summed E-state index contributed by atoms with van der Waals surface area (Å²) in [5.74, 6) is 0.0751. The van der Waals surface area contributed by atoms with E-state index in [-0.39, 0.29) is 34.7 Å². The molecule has 140 valence electrons. The minimum atomic E-state index is -1.10. The third-order valence-corrected chi connectivity index (χ3v) is 7.87. The van der Waals surface area contributed by atoms with Crippen LogP contribution in [0.25, 0.3) is 0 Å². The van der Waals surface area contributed by atoms with Gasteiger partial charge < -0.3 is 5.11 Å². The molecule has 2 saturated carbocycles. The van der Waals surface area contributed by atoms with Crippen molar-refractivity contribution < 1.29 is 19.7 Å². The zero-order chi connectivity index (χ0) is 18.5. The number of aliphatic hydroxyl groups excluding tert-OH is 1. The average molecular weight is 348 g/mol. The zero-order valence-corrected chi connectivity index (χ0v) is 16.0. The number of rotatable bonds is 2. The van der Waals surface area contributed by atoms with Crippen LogP contribution in [0.4, 0.5) is 0 Å². The van der Waals surface area contributed by atoms with E-state index in [4.69, 9.17) is 9.78 Å². The summed E-state index contributed by atoms with van der Waals surface area (Å²) < 4.78 is 0. The maximum absolute atomic E-state index is 11.4. The lowest BCUT2D eigenvalue weighted by atomic mass is 9.39. The van der Waals surface area contributed by atoms with Gasteiger partial charge in [-0.15, -0.1) is 0 Å². The summed E-state index contributed by atoms with van der Waals surface area (Å²) in [5, 5.41) is 9.83. The highest BCUT2D eigenvalue weighted by atomic mass is 17.2. The quantitative estimate of drug-likeness (QED) is 0.458. The van der Waals surface area contributed by atoms with Crippen LogP contribution in [0.15, 0.2) is 23.8 Å². The number of aldehydes is 1. The lowest BCUT2D eigenvalue weighted by molar-refractivity contribution is -0.390. The van der Waals surface area contributed by atoms with E-state index < -0.39 is 6.29 Å². The molecule has 1 N–H and O–H groups in total. The van der Waals surface area contributed by atoms with E-state index in [1.165, 1.54) is 18.4 Å². The number of carbonyl (C=O) groups is 1. The third-order valence-electron chi connectivity index (χ3n) is 7.87. The Morgan fingerprint density at radius 2 is 1.92 bits per heavy atom. The Kier molecular flexibility index (Phi) is 4.76. The highest BCUT2D eigenvalue weighted by molar-refractivity contribution is 5.73. The Bertz CT molecular complexity index is 593.